The van der Waals surface area contributed by atoms with Crippen LogP contribution in [0.25, 0.3) is 0 Å². The minimum atomic E-state index is -0.168. The standard InChI is InChI=1S/C13H17ClN2O3/c1-2-3-15-4-5-16-13(17)9-6-10(14)12-11(7-9)18-8-19-12/h6-7,15H,2-5,8H2,1H3,(H,16,17). The topological polar surface area (TPSA) is 59.6 Å². The molecule has 104 valence electrons. The molecule has 0 saturated heterocycles. The molecular formula is C13H17ClN2O3. The second-order valence-corrected chi connectivity index (χ2v) is 4.60. The fourth-order valence-corrected chi connectivity index (χ4v) is 2.03. The number of amides is 1. The monoisotopic (exact) mass is 284 g/mol. The van der Waals surface area contributed by atoms with Crippen molar-refractivity contribution in [1.82, 2.24) is 10.6 Å². The number of carbonyl (C=O) groups is 1. The van der Waals surface area contributed by atoms with E-state index in [1.54, 1.807) is 12.1 Å². The summed E-state index contributed by atoms with van der Waals surface area (Å²) in [5.74, 6) is 0.850. The Kier molecular flexibility index (Phi) is 4.87. The second kappa shape index (κ2) is 6.63. The van der Waals surface area contributed by atoms with Crippen molar-refractivity contribution < 1.29 is 14.3 Å². The zero-order valence-electron chi connectivity index (χ0n) is 10.8. The van der Waals surface area contributed by atoms with Crippen molar-refractivity contribution in [1.29, 1.82) is 0 Å². The number of fused-ring (bicyclic) bond motifs is 1. The molecule has 1 amide bonds. The molecule has 6 heteroatoms. The predicted octanol–water partition coefficient (Wildman–Crippen LogP) is 1.80. The summed E-state index contributed by atoms with van der Waals surface area (Å²) in [6, 6.07) is 3.23. The lowest BCUT2D eigenvalue weighted by atomic mass is 10.2. The summed E-state index contributed by atoms with van der Waals surface area (Å²) in [5.41, 5.74) is 0.477. The molecule has 0 saturated carbocycles. The van der Waals surface area contributed by atoms with Gasteiger partial charge in [0.05, 0.1) is 5.02 Å². The van der Waals surface area contributed by atoms with Gasteiger partial charge in [-0.1, -0.05) is 18.5 Å². The van der Waals surface area contributed by atoms with Crippen LogP contribution in [0, 0.1) is 0 Å². The number of nitrogens with one attached hydrogen (secondary N) is 2. The van der Waals surface area contributed by atoms with Gasteiger partial charge >= 0.3 is 0 Å². The molecule has 0 unspecified atom stereocenters. The first kappa shape index (κ1) is 14.0. The van der Waals surface area contributed by atoms with Crippen LogP contribution < -0.4 is 20.1 Å². The van der Waals surface area contributed by atoms with Crippen molar-refractivity contribution in [3.63, 3.8) is 0 Å². The number of rotatable bonds is 6. The molecule has 0 atom stereocenters. The van der Waals surface area contributed by atoms with E-state index in [0.29, 0.717) is 28.6 Å². The summed E-state index contributed by atoms with van der Waals surface area (Å²) in [6.07, 6.45) is 1.08. The highest BCUT2D eigenvalue weighted by Gasteiger charge is 2.20. The summed E-state index contributed by atoms with van der Waals surface area (Å²) in [5, 5.41) is 6.42. The van der Waals surface area contributed by atoms with Crippen LogP contribution in [-0.4, -0.2) is 32.3 Å². The Bertz CT molecular complexity index is 465. The van der Waals surface area contributed by atoms with Crippen molar-refractivity contribution >= 4 is 17.5 Å². The largest absolute Gasteiger partial charge is 0.454 e. The third kappa shape index (κ3) is 3.52. The van der Waals surface area contributed by atoms with Gasteiger partial charge in [-0.15, -0.1) is 0 Å². The van der Waals surface area contributed by atoms with Crippen molar-refractivity contribution in [2.24, 2.45) is 0 Å². The zero-order chi connectivity index (χ0) is 13.7. The highest BCUT2D eigenvalue weighted by molar-refractivity contribution is 6.32. The number of halogens is 1. The van der Waals surface area contributed by atoms with Crippen LogP contribution in [-0.2, 0) is 0 Å². The lowest BCUT2D eigenvalue weighted by Crippen LogP contribution is -2.32. The predicted molar refractivity (Wildman–Crippen MR) is 73.1 cm³/mol. The van der Waals surface area contributed by atoms with E-state index in [9.17, 15) is 4.79 Å². The summed E-state index contributed by atoms with van der Waals surface area (Å²) in [4.78, 5) is 11.9. The normalized spacial score (nSPS) is 12.5. The first-order valence-corrected chi connectivity index (χ1v) is 6.68. The lowest BCUT2D eigenvalue weighted by molar-refractivity contribution is 0.0953. The van der Waals surface area contributed by atoms with Gasteiger partial charge in [-0.2, -0.15) is 0 Å². The van der Waals surface area contributed by atoms with E-state index in [-0.39, 0.29) is 12.7 Å². The van der Waals surface area contributed by atoms with E-state index in [2.05, 4.69) is 17.6 Å². The average molecular weight is 285 g/mol. The average Bonchev–Trinajstić information content (AvgIpc) is 2.87. The Morgan fingerprint density at radius 2 is 2.16 bits per heavy atom. The van der Waals surface area contributed by atoms with Crippen LogP contribution in [0.3, 0.4) is 0 Å². The Labute approximate surface area is 117 Å². The van der Waals surface area contributed by atoms with E-state index in [4.69, 9.17) is 21.1 Å². The van der Waals surface area contributed by atoms with Crippen LogP contribution in [0.5, 0.6) is 11.5 Å². The van der Waals surface area contributed by atoms with Crippen LogP contribution >= 0.6 is 11.6 Å². The summed E-state index contributed by atoms with van der Waals surface area (Å²) in [6.45, 7) is 4.51. The van der Waals surface area contributed by atoms with Gasteiger partial charge in [0, 0.05) is 18.7 Å². The van der Waals surface area contributed by atoms with E-state index < -0.39 is 0 Å². The smallest absolute Gasteiger partial charge is 0.251 e. The SMILES string of the molecule is CCCNCCNC(=O)c1cc(Cl)c2c(c1)OCO2. The molecule has 2 N–H and O–H groups in total. The summed E-state index contributed by atoms with van der Waals surface area (Å²) in [7, 11) is 0. The van der Waals surface area contributed by atoms with Crippen LogP contribution in [0.1, 0.15) is 23.7 Å². The van der Waals surface area contributed by atoms with Gasteiger partial charge in [0.25, 0.3) is 5.91 Å². The molecule has 19 heavy (non-hydrogen) atoms. The molecule has 0 radical (unpaired) electrons. The highest BCUT2D eigenvalue weighted by atomic mass is 35.5. The number of ether oxygens (including phenoxy) is 2. The van der Waals surface area contributed by atoms with Gasteiger partial charge in [0.1, 0.15) is 0 Å². The molecule has 0 bridgehead atoms. The van der Waals surface area contributed by atoms with Gasteiger partial charge in [-0.25, -0.2) is 0 Å². The van der Waals surface area contributed by atoms with Crippen molar-refractivity contribution in [2.45, 2.75) is 13.3 Å². The summed E-state index contributed by atoms with van der Waals surface area (Å²) < 4.78 is 10.4. The first-order chi connectivity index (χ1) is 9.22. The molecule has 0 aromatic heterocycles. The quantitative estimate of drug-likeness (QED) is 0.782. The number of hydrogen-bond acceptors (Lipinski definition) is 4. The van der Waals surface area contributed by atoms with E-state index in [0.717, 1.165) is 19.5 Å². The molecule has 0 spiro atoms. The van der Waals surface area contributed by atoms with Gasteiger partial charge in [-0.3, -0.25) is 4.79 Å². The Morgan fingerprint density at radius 1 is 1.32 bits per heavy atom. The molecule has 0 aliphatic carbocycles. The van der Waals surface area contributed by atoms with E-state index >= 15 is 0 Å². The van der Waals surface area contributed by atoms with E-state index in [1.165, 1.54) is 0 Å². The maximum Gasteiger partial charge on any atom is 0.251 e. The van der Waals surface area contributed by atoms with Gasteiger partial charge in [-0.05, 0) is 25.1 Å². The number of carbonyl (C=O) groups excluding carboxylic acids is 1. The zero-order valence-corrected chi connectivity index (χ0v) is 11.5. The molecule has 5 nitrogen and oxygen atoms in total. The fraction of sp³-hybridized carbons (Fsp3) is 0.462. The third-order valence-corrected chi connectivity index (χ3v) is 2.98. The van der Waals surface area contributed by atoms with Crippen molar-refractivity contribution in [3.05, 3.63) is 22.7 Å². The maximum atomic E-state index is 11.9. The molecule has 1 aliphatic rings. The molecule has 1 aromatic carbocycles. The molecule has 1 aliphatic heterocycles. The molecule has 0 fully saturated rings. The van der Waals surface area contributed by atoms with Crippen LogP contribution in [0.2, 0.25) is 5.02 Å². The molecule has 2 rings (SSSR count). The minimum absolute atomic E-state index is 0.140. The van der Waals surface area contributed by atoms with Crippen molar-refractivity contribution in [2.75, 3.05) is 26.4 Å². The Balaban J connectivity index is 1.91. The summed E-state index contributed by atoms with van der Waals surface area (Å²) >= 11 is 6.02. The third-order valence-electron chi connectivity index (χ3n) is 2.70. The van der Waals surface area contributed by atoms with Gasteiger partial charge in [0.15, 0.2) is 11.5 Å². The lowest BCUT2D eigenvalue weighted by Gasteiger charge is -2.07. The van der Waals surface area contributed by atoms with Crippen molar-refractivity contribution in [3.8, 4) is 11.5 Å². The van der Waals surface area contributed by atoms with E-state index in [1.807, 2.05) is 0 Å². The Morgan fingerprint density at radius 3 is 2.95 bits per heavy atom. The highest BCUT2D eigenvalue weighted by Crippen LogP contribution is 2.39. The molecular weight excluding hydrogens is 268 g/mol. The van der Waals surface area contributed by atoms with Gasteiger partial charge < -0.3 is 20.1 Å². The van der Waals surface area contributed by atoms with Crippen LogP contribution in [0.4, 0.5) is 0 Å². The molecule has 1 heterocycles. The number of benzene rings is 1. The maximum absolute atomic E-state index is 11.9. The van der Waals surface area contributed by atoms with Gasteiger partial charge in [0.2, 0.25) is 6.79 Å². The van der Waals surface area contributed by atoms with Crippen LogP contribution in [0.15, 0.2) is 12.1 Å². The second-order valence-electron chi connectivity index (χ2n) is 4.20. The Hall–Kier alpha value is -1.46. The first-order valence-electron chi connectivity index (χ1n) is 6.30. The molecule has 1 aromatic rings. The minimum Gasteiger partial charge on any atom is -0.454 e. The number of hydrogen-bond donors (Lipinski definition) is 2. The fourth-order valence-electron chi connectivity index (χ4n) is 1.77.